The van der Waals surface area contributed by atoms with Gasteiger partial charge in [-0.3, -0.25) is 14.3 Å². The molecule has 30 heavy (non-hydrogen) atoms. The van der Waals surface area contributed by atoms with Gasteiger partial charge in [0, 0.05) is 18.6 Å². The molecular formula is C20H20N4O6. The molecule has 3 heterocycles. The number of aromatic nitrogens is 4. The highest BCUT2D eigenvalue weighted by Crippen LogP contribution is 2.26. The van der Waals surface area contributed by atoms with E-state index in [9.17, 15) is 14.4 Å². The van der Waals surface area contributed by atoms with Crippen LogP contribution in [0.25, 0.3) is 0 Å². The number of ether oxygens (including phenoxy) is 2. The first-order valence-electron chi connectivity index (χ1n) is 9.29. The Bertz CT molecular complexity index is 1070. The third-order valence-corrected chi connectivity index (χ3v) is 4.07. The molecule has 0 radical (unpaired) electrons. The molecule has 0 amide bonds. The van der Waals surface area contributed by atoms with E-state index in [0.717, 1.165) is 0 Å². The molecule has 3 rings (SSSR count). The van der Waals surface area contributed by atoms with Crippen LogP contribution in [0, 0.1) is 0 Å². The predicted molar refractivity (Wildman–Crippen MR) is 103 cm³/mol. The van der Waals surface area contributed by atoms with Crippen molar-refractivity contribution < 1.29 is 23.5 Å². The van der Waals surface area contributed by atoms with Crippen LogP contribution < -0.4 is 5.69 Å². The Labute approximate surface area is 171 Å². The number of carbonyl (C=O) groups is 2. The van der Waals surface area contributed by atoms with Crippen molar-refractivity contribution in [2.45, 2.75) is 26.3 Å². The van der Waals surface area contributed by atoms with Gasteiger partial charge in [0.1, 0.15) is 0 Å². The summed E-state index contributed by atoms with van der Waals surface area (Å²) in [5.74, 6) is -2.38. The normalized spacial score (nSPS) is 11.7. The molecule has 0 aliphatic rings. The SMILES string of the molecule is CCOC(=O)c1cnc(C(C(=O)OCC)c2ccc(Cn3cccnc3=O)nc2)o1. The number of nitrogens with zero attached hydrogens (tertiary/aromatic N) is 4. The number of hydrogen-bond donors (Lipinski definition) is 0. The van der Waals surface area contributed by atoms with Crippen molar-refractivity contribution >= 4 is 11.9 Å². The minimum absolute atomic E-state index is 0.00506. The molecule has 0 N–H and O–H groups in total. The quantitative estimate of drug-likeness (QED) is 0.506. The van der Waals surface area contributed by atoms with Crippen LogP contribution in [-0.4, -0.2) is 44.7 Å². The molecule has 3 aromatic rings. The van der Waals surface area contributed by atoms with Crippen molar-refractivity contribution in [2.75, 3.05) is 13.2 Å². The molecule has 156 valence electrons. The molecule has 3 aromatic heterocycles. The van der Waals surface area contributed by atoms with Gasteiger partial charge in [-0.1, -0.05) is 6.07 Å². The Morgan fingerprint density at radius 1 is 1.10 bits per heavy atom. The molecule has 0 aliphatic heterocycles. The molecule has 10 heteroatoms. The van der Waals surface area contributed by atoms with Gasteiger partial charge in [0.05, 0.1) is 31.6 Å². The van der Waals surface area contributed by atoms with Gasteiger partial charge in [-0.05, 0) is 31.5 Å². The Kier molecular flexibility index (Phi) is 6.68. The first-order valence-corrected chi connectivity index (χ1v) is 9.29. The van der Waals surface area contributed by atoms with Gasteiger partial charge in [0.2, 0.25) is 11.7 Å². The number of esters is 2. The standard InChI is InChI=1S/C20H20N4O6/c1-3-28-18(25)15-11-23-17(30-15)16(19(26)29-4-2)13-6-7-14(22-10-13)12-24-9-5-8-21-20(24)27/h5-11,16H,3-4,12H2,1-2H3. The fourth-order valence-electron chi connectivity index (χ4n) is 2.70. The smallest absolute Gasteiger partial charge is 0.375 e. The summed E-state index contributed by atoms with van der Waals surface area (Å²) in [5, 5.41) is 0. The van der Waals surface area contributed by atoms with Crippen LogP contribution in [0.1, 0.15) is 47.5 Å². The monoisotopic (exact) mass is 412 g/mol. The average Bonchev–Trinajstić information content (AvgIpc) is 3.21. The number of carbonyl (C=O) groups excluding carboxylic acids is 2. The lowest BCUT2D eigenvalue weighted by molar-refractivity contribution is -0.144. The largest absolute Gasteiger partial charge is 0.465 e. The summed E-state index contributed by atoms with van der Waals surface area (Å²) >= 11 is 0. The first-order chi connectivity index (χ1) is 14.5. The van der Waals surface area contributed by atoms with Crippen LogP contribution >= 0.6 is 0 Å². The summed E-state index contributed by atoms with van der Waals surface area (Å²) in [7, 11) is 0. The van der Waals surface area contributed by atoms with Crippen molar-refractivity contribution in [2.24, 2.45) is 0 Å². The Morgan fingerprint density at radius 2 is 1.90 bits per heavy atom. The second-order valence-corrected chi connectivity index (χ2v) is 6.08. The van der Waals surface area contributed by atoms with E-state index in [4.69, 9.17) is 13.9 Å². The second-order valence-electron chi connectivity index (χ2n) is 6.08. The van der Waals surface area contributed by atoms with E-state index >= 15 is 0 Å². The maximum atomic E-state index is 12.5. The van der Waals surface area contributed by atoms with Crippen LogP contribution in [0.3, 0.4) is 0 Å². The van der Waals surface area contributed by atoms with E-state index in [1.54, 1.807) is 38.2 Å². The lowest BCUT2D eigenvalue weighted by Gasteiger charge is -2.13. The maximum absolute atomic E-state index is 12.5. The molecule has 0 spiro atoms. The minimum atomic E-state index is -1.00. The van der Waals surface area contributed by atoms with Crippen molar-refractivity contribution in [1.82, 2.24) is 19.5 Å². The second kappa shape index (κ2) is 9.59. The van der Waals surface area contributed by atoms with Crippen molar-refractivity contribution in [1.29, 1.82) is 0 Å². The van der Waals surface area contributed by atoms with Gasteiger partial charge < -0.3 is 13.9 Å². The van der Waals surface area contributed by atoms with Crippen molar-refractivity contribution in [3.63, 3.8) is 0 Å². The van der Waals surface area contributed by atoms with E-state index in [-0.39, 0.29) is 37.1 Å². The zero-order valence-electron chi connectivity index (χ0n) is 16.5. The van der Waals surface area contributed by atoms with Gasteiger partial charge in [-0.2, -0.15) is 0 Å². The van der Waals surface area contributed by atoms with Crippen LogP contribution in [-0.2, 0) is 20.8 Å². The lowest BCUT2D eigenvalue weighted by atomic mass is 10.0. The van der Waals surface area contributed by atoms with E-state index < -0.39 is 17.9 Å². The molecule has 0 saturated heterocycles. The van der Waals surface area contributed by atoms with Gasteiger partial charge in [0.15, 0.2) is 5.92 Å². The Morgan fingerprint density at radius 3 is 2.57 bits per heavy atom. The molecule has 0 aromatic carbocycles. The molecule has 0 bridgehead atoms. The molecule has 1 unspecified atom stereocenters. The van der Waals surface area contributed by atoms with Gasteiger partial charge >= 0.3 is 17.6 Å². The third-order valence-electron chi connectivity index (χ3n) is 4.07. The highest BCUT2D eigenvalue weighted by Gasteiger charge is 2.30. The summed E-state index contributed by atoms with van der Waals surface area (Å²) in [6.45, 7) is 3.92. The van der Waals surface area contributed by atoms with Crippen molar-refractivity contribution in [3.8, 4) is 0 Å². The molecule has 10 nitrogen and oxygen atoms in total. The summed E-state index contributed by atoms with van der Waals surface area (Å²) < 4.78 is 16.9. The zero-order chi connectivity index (χ0) is 21.5. The molecule has 0 fully saturated rings. The lowest BCUT2D eigenvalue weighted by Crippen LogP contribution is -2.22. The number of pyridine rings is 1. The molecule has 0 saturated carbocycles. The van der Waals surface area contributed by atoms with E-state index in [2.05, 4.69) is 15.0 Å². The number of oxazole rings is 1. The Balaban J connectivity index is 1.87. The van der Waals surface area contributed by atoms with E-state index in [1.807, 2.05) is 0 Å². The predicted octanol–water partition coefficient (Wildman–Crippen LogP) is 1.55. The maximum Gasteiger partial charge on any atom is 0.375 e. The van der Waals surface area contributed by atoms with Crippen molar-refractivity contribution in [3.05, 3.63) is 76.4 Å². The highest BCUT2D eigenvalue weighted by atomic mass is 16.5. The van der Waals surface area contributed by atoms with Crippen LogP contribution in [0.5, 0.6) is 0 Å². The van der Waals surface area contributed by atoms with E-state index in [1.165, 1.54) is 23.2 Å². The molecular weight excluding hydrogens is 392 g/mol. The fraction of sp³-hybridized carbons (Fsp3) is 0.300. The van der Waals surface area contributed by atoms with Crippen LogP contribution in [0.15, 0.2) is 52.2 Å². The first kappa shape index (κ1) is 20.9. The summed E-state index contributed by atoms with van der Waals surface area (Å²) in [6.07, 6.45) is 5.71. The molecule has 0 aliphatic carbocycles. The van der Waals surface area contributed by atoms with Gasteiger partial charge in [0.25, 0.3) is 0 Å². The number of hydrogen-bond acceptors (Lipinski definition) is 9. The van der Waals surface area contributed by atoms with Gasteiger partial charge in [-0.15, -0.1) is 0 Å². The van der Waals surface area contributed by atoms with E-state index in [0.29, 0.717) is 11.3 Å². The molecule has 1 atom stereocenters. The number of rotatable bonds is 8. The average molecular weight is 412 g/mol. The van der Waals surface area contributed by atoms with Crippen LogP contribution in [0.4, 0.5) is 0 Å². The third kappa shape index (κ3) is 4.77. The summed E-state index contributed by atoms with van der Waals surface area (Å²) in [4.78, 5) is 48.2. The highest BCUT2D eigenvalue weighted by molar-refractivity contribution is 5.86. The summed E-state index contributed by atoms with van der Waals surface area (Å²) in [6, 6.07) is 4.99. The Hall–Kier alpha value is -3.82. The minimum Gasteiger partial charge on any atom is -0.465 e. The summed E-state index contributed by atoms with van der Waals surface area (Å²) in [5.41, 5.74) is 0.670. The zero-order valence-corrected chi connectivity index (χ0v) is 16.5. The van der Waals surface area contributed by atoms with Gasteiger partial charge in [-0.25, -0.2) is 19.6 Å². The fourth-order valence-corrected chi connectivity index (χ4v) is 2.70. The topological polar surface area (TPSA) is 126 Å². The van der Waals surface area contributed by atoms with Crippen LogP contribution in [0.2, 0.25) is 0 Å².